The summed E-state index contributed by atoms with van der Waals surface area (Å²) in [6, 6.07) is 7.60. The van der Waals surface area contributed by atoms with Gasteiger partial charge < -0.3 is 19.7 Å². The number of amides is 1. The Kier molecular flexibility index (Phi) is 7.37. The largest absolute Gasteiger partial charge is 0.497 e. The van der Waals surface area contributed by atoms with Gasteiger partial charge in [-0.1, -0.05) is 13.8 Å². The first-order valence-corrected chi connectivity index (χ1v) is 8.99. The van der Waals surface area contributed by atoms with Gasteiger partial charge in [-0.15, -0.1) is 0 Å². The van der Waals surface area contributed by atoms with E-state index in [1.807, 2.05) is 31.2 Å². The summed E-state index contributed by atoms with van der Waals surface area (Å²) in [6.07, 6.45) is 3.42. The lowest BCUT2D eigenvalue weighted by molar-refractivity contribution is -0.129. The Balaban J connectivity index is 1.82. The van der Waals surface area contributed by atoms with Gasteiger partial charge in [0, 0.05) is 19.1 Å². The molecule has 1 N–H and O–H groups in total. The summed E-state index contributed by atoms with van der Waals surface area (Å²) in [5.74, 6) is 1.46. The third-order valence-electron chi connectivity index (χ3n) is 4.47. The van der Waals surface area contributed by atoms with Crippen molar-refractivity contribution in [2.45, 2.75) is 51.7 Å². The van der Waals surface area contributed by atoms with E-state index in [1.54, 1.807) is 7.11 Å². The first-order chi connectivity index (χ1) is 11.7. The zero-order valence-corrected chi connectivity index (χ0v) is 15.1. The topological polar surface area (TPSA) is 50.8 Å². The molecule has 0 radical (unpaired) electrons. The third-order valence-corrected chi connectivity index (χ3v) is 4.47. The van der Waals surface area contributed by atoms with Crippen LogP contribution in [0.5, 0.6) is 11.5 Å². The second-order valence-corrected chi connectivity index (χ2v) is 6.31. The predicted octanol–water partition coefficient (Wildman–Crippen LogP) is 2.84. The highest BCUT2D eigenvalue weighted by molar-refractivity contribution is 5.81. The summed E-state index contributed by atoms with van der Waals surface area (Å²) in [6.45, 7) is 7.45. The molecule has 5 heteroatoms. The number of rotatable bonds is 8. The number of benzene rings is 1. The second kappa shape index (κ2) is 9.52. The molecule has 0 bridgehead atoms. The van der Waals surface area contributed by atoms with Crippen molar-refractivity contribution < 1.29 is 14.3 Å². The fourth-order valence-corrected chi connectivity index (χ4v) is 3.05. The molecular formula is C19H30N2O3. The molecule has 0 aromatic heterocycles. The van der Waals surface area contributed by atoms with Crippen LogP contribution in [-0.4, -0.2) is 49.7 Å². The smallest absolute Gasteiger partial charge is 0.261 e. The highest BCUT2D eigenvalue weighted by Crippen LogP contribution is 2.19. The molecule has 1 fully saturated rings. The van der Waals surface area contributed by atoms with Gasteiger partial charge in [0.15, 0.2) is 6.10 Å². The molecule has 1 aliphatic heterocycles. The van der Waals surface area contributed by atoms with E-state index in [4.69, 9.17) is 9.47 Å². The summed E-state index contributed by atoms with van der Waals surface area (Å²) >= 11 is 0. The summed E-state index contributed by atoms with van der Waals surface area (Å²) < 4.78 is 11.0. The lowest BCUT2D eigenvalue weighted by Gasteiger charge is -2.32. The highest BCUT2D eigenvalue weighted by atomic mass is 16.5. The van der Waals surface area contributed by atoms with Gasteiger partial charge >= 0.3 is 0 Å². The van der Waals surface area contributed by atoms with E-state index in [1.165, 1.54) is 6.42 Å². The number of methoxy groups -OCH3 is 1. The van der Waals surface area contributed by atoms with Gasteiger partial charge in [-0.2, -0.15) is 0 Å². The number of nitrogens with one attached hydrogen (secondary N) is 1. The van der Waals surface area contributed by atoms with Gasteiger partial charge in [0.25, 0.3) is 5.91 Å². The number of carbonyl (C=O) groups excluding carboxylic acids is 1. The standard InChI is InChI=1S/C19H30N2O3/c1-4-12-21-13-10-15(11-14-21)20-19(22)18(5-2)24-17-8-6-16(23-3)7-9-17/h6-9,15,18H,4-5,10-14H2,1-3H3,(H,20,22)/t18-/m0/s1. The first-order valence-electron chi connectivity index (χ1n) is 8.99. The fourth-order valence-electron chi connectivity index (χ4n) is 3.05. The van der Waals surface area contributed by atoms with Crippen LogP contribution in [0.3, 0.4) is 0 Å². The number of hydrogen-bond acceptors (Lipinski definition) is 4. The Bertz CT molecular complexity index is 496. The second-order valence-electron chi connectivity index (χ2n) is 6.31. The van der Waals surface area contributed by atoms with Crippen LogP contribution in [0.2, 0.25) is 0 Å². The number of nitrogens with zero attached hydrogens (tertiary/aromatic N) is 1. The number of piperidine rings is 1. The van der Waals surface area contributed by atoms with E-state index >= 15 is 0 Å². The Hall–Kier alpha value is -1.75. The van der Waals surface area contributed by atoms with Crippen molar-refractivity contribution >= 4 is 5.91 Å². The van der Waals surface area contributed by atoms with E-state index in [2.05, 4.69) is 17.1 Å². The van der Waals surface area contributed by atoms with Crippen LogP contribution in [-0.2, 0) is 4.79 Å². The summed E-state index contributed by atoms with van der Waals surface area (Å²) in [4.78, 5) is 15.0. The van der Waals surface area contributed by atoms with Crippen LogP contribution in [0.1, 0.15) is 39.5 Å². The number of hydrogen-bond donors (Lipinski definition) is 1. The van der Waals surface area contributed by atoms with Crippen molar-refractivity contribution in [3.05, 3.63) is 24.3 Å². The SMILES string of the molecule is CCCN1CCC(NC(=O)[C@H](CC)Oc2ccc(OC)cc2)CC1. The van der Waals surface area contributed by atoms with Gasteiger partial charge in [0.1, 0.15) is 11.5 Å². The molecule has 1 aromatic rings. The molecule has 1 atom stereocenters. The maximum atomic E-state index is 12.5. The average molecular weight is 334 g/mol. The maximum Gasteiger partial charge on any atom is 0.261 e. The third kappa shape index (κ3) is 5.41. The Morgan fingerprint density at radius 3 is 2.38 bits per heavy atom. The number of carbonyl (C=O) groups is 1. The predicted molar refractivity (Wildman–Crippen MR) is 95.6 cm³/mol. The lowest BCUT2D eigenvalue weighted by Crippen LogP contribution is -2.48. The molecule has 0 saturated carbocycles. The molecule has 134 valence electrons. The van der Waals surface area contributed by atoms with Crippen molar-refractivity contribution in [1.82, 2.24) is 10.2 Å². The van der Waals surface area contributed by atoms with E-state index in [0.29, 0.717) is 12.2 Å². The Morgan fingerprint density at radius 2 is 1.83 bits per heavy atom. The highest BCUT2D eigenvalue weighted by Gasteiger charge is 2.24. The average Bonchev–Trinajstić information content (AvgIpc) is 2.62. The monoisotopic (exact) mass is 334 g/mol. The van der Waals surface area contributed by atoms with E-state index < -0.39 is 6.10 Å². The van der Waals surface area contributed by atoms with Crippen molar-refractivity contribution in [3.63, 3.8) is 0 Å². The quantitative estimate of drug-likeness (QED) is 0.794. The van der Waals surface area contributed by atoms with Gasteiger partial charge in [-0.25, -0.2) is 0 Å². The van der Waals surface area contributed by atoms with Gasteiger partial charge in [0.05, 0.1) is 7.11 Å². The van der Waals surface area contributed by atoms with Crippen molar-refractivity contribution in [1.29, 1.82) is 0 Å². The molecule has 0 unspecified atom stereocenters. The van der Waals surface area contributed by atoms with Crippen LogP contribution in [0.15, 0.2) is 24.3 Å². The van der Waals surface area contributed by atoms with Crippen LogP contribution < -0.4 is 14.8 Å². The molecule has 2 rings (SSSR count). The Labute approximate surface area is 145 Å². The maximum absolute atomic E-state index is 12.5. The summed E-state index contributed by atoms with van der Waals surface area (Å²) in [5, 5.41) is 3.16. The molecule has 1 saturated heterocycles. The number of ether oxygens (including phenoxy) is 2. The molecule has 1 aromatic carbocycles. The zero-order valence-electron chi connectivity index (χ0n) is 15.1. The van der Waals surface area contributed by atoms with Crippen LogP contribution >= 0.6 is 0 Å². The van der Waals surface area contributed by atoms with Crippen molar-refractivity contribution in [3.8, 4) is 11.5 Å². The van der Waals surface area contributed by atoms with E-state index in [-0.39, 0.29) is 11.9 Å². The number of likely N-dealkylation sites (tertiary alicyclic amines) is 1. The molecule has 0 aliphatic carbocycles. The molecule has 24 heavy (non-hydrogen) atoms. The van der Waals surface area contributed by atoms with E-state index in [9.17, 15) is 4.79 Å². The molecule has 1 aliphatic rings. The molecular weight excluding hydrogens is 304 g/mol. The van der Waals surface area contributed by atoms with Gasteiger partial charge in [-0.3, -0.25) is 4.79 Å². The first kappa shape index (κ1) is 18.6. The van der Waals surface area contributed by atoms with E-state index in [0.717, 1.165) is 38.2 Å². The minimum Gasteiger partial charge on any atom is -0.497 e. The minimum atomic E-state index is -0.452. The summed E-state index contributed by atoms with van der Waals surface area (Å²) in [7, 11) is 1.63. The zero-order chi connectivity index (χ0) is 17.4. The normalized spacial score (nSPS) is 17.3. The molecule has 5 nitrogen and oxygen atoms in total. The molecule has 1 heterocycles. The van der Waals surface area contributed by atoms with Gasteiger partial charge in [-0.05, 0) is 56.5 Å². The van der Waals surface area contributed by atoms with Gasteiger partial charge in [0.2, 0.25) is 0 Å². The molecule has 1 amide bonds. The minimum absolute atomic E-state index is 0.0118. The van der Waals surface area contributed by atoms with Crippen molar-refractivity contribution in [2.75, 3.05) is 26.7 Å². The Morgan fingerprint density at radius 1 is 1.21 bits per heavy atom. The fraction of sp³-hybridized carbons (Fsp3) is 0.632. The van der Waals surface area contributed by atoms with Crippen LogP contribution in [0, 0.1) is 0 Å². The van der Waals surface area contributed by atoms with Crippen LogP contribution in [0.25, 0.3) is 0 Å². The molecule has 0 spiro atoms. The van der Waals surface area contributed by atoms with Crippen molar-refractivity contribution in [2.24, 2.45) is 0 Å². The summed E-state index contributed by atoms with van der Waals surface area (Å²) in [5.41, 5.74) is 0. The lowest BCUT2D eigenvalue weighted by atomic mass is 10.0. The van der Waals surface area contributed by atoms with Crippen LogP contribution in [0.4, 0.5) is 0 Å².